The Hall–Kier alpha value is -2.76. The third-order valence-corrected chi connectivity index (χ3v) is 2.71. The predicted molar refractivity (Wildman–Crippen MR) is 68.2 cm³/mol. The van der Waals surface area contributed by atoms with Crippen molar-refractivity contribution in [2.75, 3.05) is 5.32 Å². The highest BCUT2D eigenvalue weighted by atomic mass is 19.1. The Morgan fingerprint density at radius 2 is 2.11 bits per heavy atom. The number of benzene rings is 1. The van der Waals surface area contributed by atoms with Crippen LogP contribution in [0.25, 0.3) is 10.9 Å². The number of pyridine rings is 1. The van der Waals surface area contributed by atoms with Crippen molar-refractivity contribution in [3.63, 3.8) is 0 Å². The molecule has 0 aliphatic heterocycles. The van der Waals surface area contributed by atoms with E-state index >= 15 is 0 Å². The molecule has 5 nitrogen and oxygen atoms in total. The van der Waals surface area contributed by atoms with Crippen LogP contribution in [0.5, 0.6) is 0 Å². The van der Waals surface area contributed by atoms with E-state index in [0.29, 0.717) is 5.39 Å². The standard InChI is InChI=1S/C13H9FN4O/c14-9-7-15-6-5-11(9)16-13(19)12-8-3-1-2-4-10(8)17-18-12/h1-7H,(H,17,18)(H,15,16,19). The summed E-state index contributed by atoms with van der Waals surface area (Å²) < 4.78 is 13.4. The fraction of sp³-hybridized carbons (Fsp3) is 0. The molecule has 2 heterocycles. The molecule has 2 N–H and O–H groups in total. The molecule has 0 aliphatic carbocycles. The number of amides is 1. The molecule has 3 aromatic rings. The summed E-state index contributed by atoms with van der Waals surface area (Å²) in [6, 6.07) is 8.62. The largest absolute Gasteiger partial charge is 0.318 e. The van der Waals surface area contributed by atoms with E-state index in [0.717, 1.165) is 11.7 Å². The van der Waals surface area contributed by atoms with Crippen LogP contribution >= 0.6 is 0 Å². The van der Waals surface area contributed by atoms with Gasteiger partial charge in [-0.15, -0.1) is 0 Å². The number of fused-ring (bicyclic) bond motifs is 1. The van der Waals surface area contributed by atoms with Crippen molar-refractivity contribution in [1.82, 2.24) is 15.2 Å². The number of carbonyl (C=O) groups excluding carboxylic acids is 1. The Balaban J connectivity index is 1.95. The van der Waals surface area contributed by atoms with E-state index in [2.05, 4.69) is 20.5 Å². The number of nitrogens with one attached hydrogen (secondary N) is 2. The van der Waals surface area contributed by atoms with Gasteiger partial charge < -0.3 is 5.32 Å². The minimum absolute atomic E-state index is 0.0760. The van der Waals surface area contributed by atoms with Crippen molar-refractivity contribution < 1.29 is 9.18 Å². The summed E-state index contributed by atoms with van der Waals surface area (Å²) in [5.41, 5.74) is 1.06. The quantitative estimate of drug-likeness (QED) is 0.739. The van der Waals surface area contributed by atoms with Crippen LogP contribution < -0.4 is 5.32 Å². The lowest BCUT2D eigenvalue weighted by Crippen LogP contribution is -2.13. The molecule has 0 unspecified atom stereocenters. The van der Waals surface area contributed by atoms with Crippen molar-refractivity contribution >= 4 is 22.5 Å². The van der Waals surface area contributed by atoms with Gasteiger partial charge in [-0.2, -0.15) is 5.10 Å². The zero-order valence-electron chi connectivity index (χ0n) is 9.72. The lowest BCUT2D eigenvalue weighted by Gasteiger charge is -2.03. The molecule has 0 radical (unpaired) electrons. The predicted octanol–water partition coefficient (Wildman–Crippen LogP) is 2.35. The molecule has 1 amide bonds. The molecule has 0 saturated heterocycles. The van der Waals surface area contributed by atoms with Gasteiger partial charge in [-0.3, -0.25) is 14.9 Å². The molecule has 1 aromatic carbocycles. The number of aromatic amines is 1. The second-order valence-electron chi connectivity index (χ2n) is 3.93. The van der Waals surface area contributed by atoms with Gasteiger partial charge in [0, 0.05) is 11.6 Å². The van der Waals surface area contributed by atoms with Crippen LogP contribution in [-0.2, 0) is 0 Å². The Labute approximate surface area is 107 Å². The average Bonchev–Trinajstić information content (AvgIpc) is 2.85. The second kappa shape index (κ2) is 4.49. The zero-order valence-corrected chi connectivity index (χ0v) is 9.72. The van der Waals surface area contributed by atoms with Crippen LogP contribution in [0.2, 0.25) is 0 Å². The van der Waals surface area contributed by atoms with Crippen LogP contribution in [-0.4, -0.2) is 21.1 Å². The summed E-state index contributed by atoms with van der Waals surface area (Å²) in [5, 5.41) is 9.86. The number of carbonyl (C=O) groups is 1. The second-order valence-corrected chi connectivity index (χ2v) is 3.93. The Kier molecular flexibility index (Phi) is 2.68. The van der Waals surface area contributed by atoms with E-state index in [4.69, 9.17) is 0 Å². The third-order valence-electron chi connectivity index (χ3n) is 2.71. The first-order valence-corrected chi connectivity index (χ1v) is 5.59. The van der Waals surface area contributed by atoms with E-state index in [9.17, 15) is 9.18 Å². The Morgan fingerprint density at radius 1 is 1.26 bits per heavy atom. The van der Waals surface area contributed by atoms with E-state index in [-0.39, 0.29) is 11.4 Å². The molecule has 0 atom stereocenters. The summed E-state index contributed by atoms with van der Waals surface area (Å²) in [5.74, 6) is -1.06. The van der Waals surface area contributed by atoms with E-state index < -0.39 is 11.7 Å². The van der Waals surface area contributed by atoms with Gasteiger partial charge in [0.2, 0.25) is 0 Å². The van der Waals surface area contributed by atoms with Crippen molar-refractivity contribution in [1.29, 1.82) is 0 Å². The molecule has 0 fully saturated rings. The smallest absolute Gasteiger partial charge is 0.276 e. The normalized spacial score (nSPS) is 10.6. The molecule has 0 aliphatic rings. The molecule has 19 heavy (non-hydrogen) atoms. The molecule has 6 heteroatoms. The summed E-state index contributed by atoms with van der Waals surface area (Å²) in [6.45, 7) is 0. The van der Waals surface area contributed by atoms with E-state index in [1.54, 1.807) is 6.07 Å². The number of hydrogen-bond acceptors (Lipinski definition) is 3. The Morgan fingerprint density at radius 3 is 2.95 bits per heavy atom. The number of halogens is 1. The zero-order chi connectivity index (χ0) is 13.2. The minimum Gasteiger partial charge on any atom is -0.318 e. The summed E-state index contributed by atoms with van der Waals surface area (Å²) in [6.07, 6.45) is 2.44. The minimum atomic E-state index is -0.587. The van der Waals surface area contributed by atoms with Gasteiger partial charge in [-0.1, -0.05) is 18.2 Å². The average molecular weight is 256 g/mol. The van der Waals surface area contributed by atoms with Gasteiger partial charge in [0.05, 0.1) is 17.4 Å². The number of anilines is 1. The van der Waals surface area contributed by atoms with Crippen LogP contribution in [0.1, 0.15) is 10.5 Å². The summed E-state index contributed by atoms with van der Waals surface area (Å²) in [4.78, 5) is 15.7. The number of rotatable bonds is 2. The fourth-order valence-electron chi connectivity index (χ4n) is 1.79. The van der Waals surface area contributed by atoms with Gasteiger partial charge in [-0.05, 0) is 12.1 Å². The van der Waals surface area contributed by atoms with Gasteiger partial charge in [0.1, 0.15) is 0 Å². The lowest BCUT2D eigenvalue weighted by molar-refractivity contribution is 0.102. The Bertz CT molecular complexity index is 753. The highest BCUT2D eigenvalue weighted by Crippen LogP contribution is 2.17. The number of aromatic nitrogens is 3. The molecule has 94 valence electrons. The first-order chi connectivity index (χ1) is 9.25. The molecular formula is C13H9FN4O. The van der Waals surface area contributed by atoms with Gasteiger partial charge in [0.25, 0.3) is 5.91 Å². The molecule has 0 spiro atoms. The van der Waals surface area contributed by atoms with Gasteiger partial charge >= 0.3 is 0 Å². The van der Waals surface area contributed by atoms with Crippen molar-refractivity contribution in [2.24, 2.45) is 0 Å². The van der Waals surface area contributed by atoms with E-state index in [1.807, 2.05) is 18.2 Å². The van der Waals surface area contributed by atoms with Crippen molar-refractivity contribution in [2.45, 2.75) is 0 Å². The van der Waals surface area contributed by atoms with Gasteiger partial charge in [0.15, 0.2) is 11.5 Å². The first-order valence-electron chi connectivity index (χ1n) is 5.59. The molecule has 3 rings (SSSR count). The maximum atomic E-state index is 13.4. The topological polar surface area (TPSA) is 70.7 Å². The number of nitrogens with zero attached hydrogens (tertiary/aromatic N) is 2. The number of hydrogen-bond donors (Lipinski definition) is 2. The highest BCUT2D eigenvalue weighted by Gasteiger charge is 2.15. The van der Waals surface area contributed by atoms with Crippen LogP contribution in [0.3, 0.4) is 0 Å². The van der Waals surface area contributed by atoms with Crippen LogP contribution in [0.15, 0.2) is 42.7 Å². The summed E-state index contributed by atoms with van der Waals surface area (Å²) >= 11 is 0. The van der Waals surface area contributed by atoms with Crippen molar-refractivity contribution in [3.05, 3.63) is 54.2 Å². The molecule has 0 bridgehead atoms. The number of H-pyrrole nitrogens is 1. The number of para-hydroxylation sites is 1. The molecular weight excluding hydrogens is 247 g/mol. The van der Waals surface area contributed by atoms with Crippen molar-refractivity contribution in [3.8, 4) is 0 Å². The van der Waals surface area contributed by atoms with Crippen LogP contribution in [0.4, 0.5) is 10.1 Å². The molecule has 0 saturated carbocycles. The molecule has 2 aromatic heterocycles. The lowest BCUT2D eigenvalue weighted by atomic mass is 10.2. The third kappa shape index (κ3) is 2.03. The monoisotopic (exact) mass is 256 g/mol. The maximum absolute atomic E-state index is 13.4. The summed E-state index contributed by atoms with van der Waals surface area (Å²) in [7, 11) is 0. The fourth-order valence-corrected chi connectivity index (χ4v) is 1.79. The first kappa shape index (κ1) is 11.3. The highest BCUT2D eigenvalue weighted by molar-refractivity contribution is 6.11. The maximum Gasteiger partial charge on any atom is 0.276 e. The van der Waals surface area contributed by atoms with E-state index in [1.165, 1.54) is 12.3 Å². The van der Waals surface area contributed by atoms with Gasteiger partial charge in [-0.25, -0.2) is 4.39 Å². The van der Waals surface area contributed by atoms with Crippen LogP contribution in [0, 0.1) is 5.82 Å². The SMILES string of the molecule is O=C(Nc1ccncc1F)c1n[nH]c2ccccc12.